The first-order valence-electron chi connectivity index (χ1n) is 5.34. The molecule has 0 saturated carbocycles. The van der Waals surface area contributed by atoms with E-state index in [1.807, 2.05) is 13.8 Å². The van der Waals surface area contributed by atoms with Gasteiger partial charge in [0.15, 0.2) is 5.76 Å². The zero-order valence-electron chi connectivity index (χ0n) is 10.3. The minimum Gasteiger partial charge on any atom is -0.480 e. The summed E-state index contributed by atoms with van der Waals surface area (Å²) < 4.78 is 5.06. The zero-order valence-corrected chi connectivity index (χ0v) is 10.3. The van der Waals surface area contributed by atoms with Crippen molar-refractivity contribution in [2.45, 2.75) is 39.7 Å². The van der Waals surface area contributed by atoms with Crippen molar-refractivity contribution in [3.63, 3.8) is 0 Å². The lowest BCUT2D eigenvalue weighted by Gasteiger charge is -2.10. The van der Waals surface area contributed by atoms with E-state index in [4.69, 9.17) is 9.63 Å². The van der Waals surface area contributed by atoms with E-state index in [0.717, 1.165) is 0 Å². The Balaban J connectivity index is 2.96. The van der Waals surface area contributed by atoms with Gasteiger partial charge in [-0.2, -0.15) is 0 Å². The van der Waals surface area contributed by atoms with E-state index in [-0.39, 0.29) is 5.92 Å². The monoisotopic (exact) mass is 240 g/mol. The Morgan fingerprint density at radius 3 is 2.41 bits per heavy atom. The molecule has 2 N–H and O–H groups in total. The lowest BCUT2D eigenvalue weighted by Crippen LogP contribution is -2.38. The van der Waals surface area contributed by atoms with Crippen molar-refractivity contribution in [3.05, 3.63) is 17.0 Å². The van der Waals surface area contributed by atoms with Gasteiger partial charge in [-0.3, -0.25) is 9.59 Å². The smallest absolute Gasteiger partial charge is 0.325 e. The highest BCUT2D eigenvalue weighted by molar-refractivity contribution is 5.98. The summed E-state index contributed by atoms with van der Waals surface area (Å²) in [6, 6.07) is -0.947. The van der Waals surface area contributed by atoms with Crippen LogP contribution >= 0.6 is 0 Å². The van der Waals surface area contributed by atoms with Gasteiger partial charge in [0.25, 0.3) is 5.91 Å². The average molecular weight is 240 g/mol. The third-order valence-electron chi connectivity index (χ3n) is 2.36. The van der Waals surface area contributed by atoms with Gasteiger partial charge in [0, 0.05) is 5.92 Å². The van der Waals surface area contributed by atoms with Crippen LogP contribution in [-0.4, -0.2) is 28.2 Å². The number of nitrogens with one attached hydrogen (secondary N) is 1. The summed E-state index contributed by atoms with van der Waals surface area (Å²) in [7, 11) is 0. The molecule has 0 aromatic carbocycles. The summed E-state index contributed by atoms with van der Waals surface area (Å²) in [5.41, 5.74) is 0.789. The largest absolute Gasteiger partial charge is 0.480 e. The molecule has 0 bridgehead atoms. The first-order valence-corrected chi connectivity index (χ1v) is 5.34. The van der Waals surface area contributed by atoms with Crippen molar-refractivity contribution in [2.24, 2.45) is 0 Å². The Hall–Kier alpha value is -1.85. The predicted octanol–water partition coefficient (Wildman–Crippen LogP) is 1.31. The SMILES string of the molecule is Cc1noc(C(C)C)c1C(=O)N[C@@H](C)C(=O)O. The predicted molar refractivity (Wildman–Crippen MR) is 59.9 cm³/mol. The van der Waals surface area contributed by atoms with Crippen LogP contribution in [0.1, 0.15) is 48.5 Å². The molecule has 1 atom stereocenters. The molecule has 0 aliphatic carbocycles. The lowest BCUT2D eigenvalue weighted by atomic mass is 10.0. The van der Waals surface area contributed by atoms with Gasteiger partial charge in [0.1, 0.15) is 11.6 Å². The second-order valence-electron chi connectivity index (χ2n) is 4.20. The van der Waals surface area contributed by atoms with Gasteiger partial charge < -0.3 is 14.9 Å². The van der Waals surface area contributed by atoms with E-state index in [2.05, 4.69) is 10.5 Å². The number of aryl methyl sites for hydroxylation is 1. The number of aliphatic carboxylic acids is 1. The molecule has 6 nitrogen and oxygen atoms in total. The topological polar surface area (TPSA) is 92.4 Å². The van der Waals surface area contributed by atoms with Crippen LogP contribution in [0.2, 0.25) is 0 Å². The van der Waals surface area contributed by atoms with Crippen LogP contribution in [0.5, 0.6) is 0 Å². The first-order chi connectivity index (χ1) is 7.84. The summed E-state index contributed by atoms with van der Waals surface area (Å²) in [4.78, 5) is 22.5. The maximum Gasteiger partial charge on any atom is 0.325 e. The summed E-state index contributed by atoms with van der Waals surface area (Å²) in [5.74, 6) is -1.07. The van der Waals surface area contributed by atoms with Crippen LogP contribution in [0.3, 0.4) is 0 Å². The van der Waals surface area contributed by atoms with E-state index in [1.54, 1.807) is 6.92 Å². The van der Waals surface area contributed by atoms with Crippen LogP contribution in [0.25, 0.3) is 0 Å². The number of hydrogen-bond donors (Lipinski definition) is 2. The highest BCUT2D eigenvalue weighted by atomic mass is 16.5. The average Bonchev–Trinajstić information content (AvgIpc) is 2.59. The van der Waals surface area contributed by atoms with Gasteiger partial charge >= 0.3 is 5.97 Å². The molecule has 17 heavy (non-hydrogen) atoms. The molecule has 0 spiro atoms. The highest BCUT2D eigenvalue weighted by Crippen LogP contribution is 2.22. The number of carbonyl (C=O) groups is 2. The summed E-state index contributed by atoms with van der Waals surface area (Å²) in [5, 5.41) is 14.8. The van der Waals surface area contributed by atoms with Crippen molar-refractivity contribution in [3.8, 4) is 0 Å². The maximum atomic E-state index is 11.9. The molecule has 1 aromatic heterocycles. The molecule has 6 heteroatoms. The number of hydrogen-bond acceptors (Lipinski definition) is 4. The Morgan fingerprint density at radius 2 is 1.94 bits per heavy atom. The first kappa shape index (κ1) is 13.2. The second kappa shape index (κ2) is 4.99. The van der Waals surface area contributed by atoms with Crippen LogP contribution < -0.4 is 5.32 Å². The molecule has 1 aromatic rings. The van der Waals surface area contributed by atoms with Crippen LogP contribution in [0.15, 0.2) is 4.52 Å². The highest BCUT2D eigenvalue weighted by Gasteiger charge is 2.24. The van der Waals surface area contributed by atoms with Gasteiger partial charge in [-0.15, -0.1) is 0 Å². The van der Waals surface area contributed by atoms with Crippen molar-refractivity contribution in [1.82, 2.24) is 10.5 Å². The molecule has 0 fully saturated rings. The summed E-state index contributed by atoms with van der Waals surface area (Å²) in [6.07, 6.45) is 0. The Kier molecular flexibility index (Phi) is 3.88. The van der Waals surface area contributed by atoms with E-state index in [1.165, 1.54) is 6.92 Å². The molecule has 0 unspecified atom stereocenters. The molecular formula is C11H16N2O4. The molecule has 0 radical (unpaired) electrons. The number of rotatable bonds is 4. The number of amides is 1. The number of carboxylic acids is 1. The standard InChI is InChI=1S/C11H16N2O4/c1-5(2)9-8(6(3)13-17-9)10(14)12-7(4)11(15)16/h5,7H,1-4H3,(H,12,14)(H,15,16)/t7-/m0/s1. The summed E-state index contributed by atoms with van der Waals surface area (Å²) >= 11 is 0. The fraction of sp³-hybridized carbons (Fsp3) is 0.545. The maximum absolute atomic E-state index is 11.9. The van der Waals surface area contributed by atoms with Gasteiger partial charge in [-0.1, -0.05) is 19.0 Å². The number of carboxylic acid groups (broad SMARTS) is 1. The Bertz CT molecular complexity index is 437. The minimum absolute atomic E-state index is 0.0112. The third kappa shape index (κ3) is 2.83. The van der Waals surface area contributed by atoms with E-state index in [0.29, 0.717) is 17.0 Å². The van der Waals surface area contributed by atoms with Gasteiger partial charge in [-0.25, -0.2) is 0 Å². The fourth-order valence-electron chi connectivity index (χ4n) is 1.39. The fourth-order valence-corrected chi connectivity index (χ4v) is 1.39. The van der Waals surface area contributed by atoms with Crippen molar-refractivity contribution < 1.29 is 19.2 Å². The molecule has 1 heterocycles. The quantitative estimate of drug-likeness (QED) is 0.827. The van der Waals surface area contributed by atoms with Gasteiger partial charge in [-0.05, 0) is 13.8 Å². The lowest BCUT2D eigenvalue weighted by molar-refractivity contribution is -0.138. The number of nitrogens with zero attached hydrogens (tertiary/aromatic N) is 1. The van der Waals surface area contributed by atoms with Crippen LogP contribution in [-0.2, 0) is 4.79 Å². The van der Waals surface area contributed by atoms with Crippen LogP contribution in [0.4, 0.5) is 0 Å². The van der Waals surface area contributed by atoms with E-state index in [9.17, 15) is 9.59 Å². The van der Waals surface area contributed by atoms with E-state index < -0.39 is 17.9 Å². The van der Waals surface area contributed by atoms with Crippen molar-refractivity contribution in [2.75, 3.05) is 0 Å². The molecule has 1 amide bonds. The molecule has 0 aliphatic rings. The Labute approximate surface area is 99.0 Å². The van der Waals surface area contributed by atoms with Crippen LogP contribution in [0, 0.1) is 6.92 Å². The van der Waals surface area contributed by atoms with Gasteiger partial charge in [0.05, 0.1) is 5.69 Å². The third-order valence-corrected chi connectivity index (χ3v) is 2.36. The zero-order chi connectivity index (χ0) is 13.2. The van der Waals surface area contributed by atoms with E-state index >= 15 is 0 Å². The minimum atomic E-state index is -1.08. The number of carbonyl (C=O) groups excluding carboxylic acids is 1. The molecule has 1 rings (SSSR count). The molecule has 0 aliphatic heterocycles. The second-order valence-corrected chi connectivity index (χ2v) is 4.20. The molecule has 94 valence electrons. The normalized spacial score (nSPS) is 12.5. The van der Waals surface area contributed by atoms with Crippen molar-refractivity contribution >= 4 is 11.9 Å². The number of aromatic nitrogens is 1. The summed E-state index contributed by atoms with van der Waals surface area (Å²) in [6.45, 7) is 6.79. The molecule has 0 saturated heterocycles. The Morgan fingerprint density at radius 1 is 1.35 bits per heavy atom. The molecular weight excluding hydrogens is 224 g/mol. The van der Waals surface area contributed by atoms with Gasteiger partial charge in [0.2, 0.25) is 0 Å². The van der Waals surface area contributed by atoms with Crippen molar-refractivity contribution in [1.29, 1.82) is 0 Å².